The van der Waals surface area contributed by atoms with Crippen molar-refractivity contribution in [2.75, 3.05) is 0 Å². The van der Waals surface area contributed by atoms with Crippen LogP contribution in [0.1, 0.15) is 16.5 Å². The normalized spacial score (nSPS) is 10.8. The first-order chi connectivity index (χ1) is 9.20. The van der Waals surface area contributed by atoms with Crippen molar-refractivity contribution in [2.24, 2.45) is 0 Å². The number of phenols is 1. The molecule has 2 aromatic heterocycles. The van der Waals surface area contributed by atoms with Gasteiger partial charge in [-0.1, -0.05) is 11.2 Å². The lowest BCUT2D eigenvalue weighted by atomic mass is 10.2. The van der Waals surface area contributed by atoms with Gasteiger partial charge in [0.05, 0.1) is 17.1 Å². The SMILES string of the molecule is Cc1nc(Cc2noc(-c3cccc(O)c3)n2)cs1. The van der Waals surface area contributed by atoms with E-state index in [-0.39, 0.29) is 5.75 Å². The molecule has 0 saturated carbocycles. The summed E-state index contributed by atoms with van der Waals surface area (Å²) in [5.74, 6) is 1.16. The second-order valence-corrected chi connectivity index (χ2v) is 5.16. The maximum absolute atomic E-state index is 9.42. The topological polar surface area (TPSA) is 72.0 Å². The molecule has 6 heteroatoms. The van der Waals surface area contributed by atoms with Crippen molar-refractivity contribution >= 4 is 11.3 Å². The monoisotopic (exact) mass is 273 g/mol. The molecule has 0 radical (unpaired) electrons. The molecule has 0 fully saturated rings. The molecule has 1 N–H and O–H groups in total. The highest BCUT2D eigenvalue weighted by Gasteiger charge is 2.11. The Morgan fingerprint density at radius 1 is 1.32 bits per heavy atom. The molecular weight excluding hydrogens is 262 g/mol. The van der Waals surface area contributed by atoms with Crippen molar-refractivity contribution in [1.82, 2.24) is 15.1 Å². The van der Waals surface area contributed by atoms with E-state index in [1.807, 2.05) is 18.4 Å². The molecular formula is C13H11N3O2S. The third kappa shape index (κ3) is 2.63. The maximum atomic E-state index is 9.42. The van der Waals surface area contributed by atoms with Gasteiger partial charge in [0.1, 0.15) is 5.75 Å². The Labute approximate surface area is 113 Å². The van der Waals surface area contributed by atoms with Crippen LogP contribution in [0.25, 0.3) is 11.5 Å². The van der Waals surface area contributed by atoms with Crippen LogP contribution in [0.2, 0.25) is 0 Å². The van der Waals surface area contributed by atoms with Gasteiger partial charge in [0.15, 0.2) is 5.82 Å². The van der Waals surface area contributed by atoms with E-state index in [0.29, 0.717) is 23.7 Å². The Hall–Kier alpha value is -2.21. The van der Waals surface area contributed by atoms with Gasteiger partial charge in [-0.2, -0.15) is 4.98 Å². The molecule has 0 bridgehead atoms. The predicted octanol–water partition coefficient (Wildman–Crippen LogP) is 2.80. The lowest BCUT2D eigenvalue weighted by Gasteiger charge is -1.94. The lowest BCUT2D eigenvalue weighted by Crippen LogP contribution is -1.91. The first-order valence-electron chi connectivity index (χ1n) is 5.74. The van der Waals surface area contributed by atoms with Gasteiger partial charge in [0.2, 0.25) is 0 Å². The fourth-order valence-electron chi connectivity index (χ4n) is 1.73. The number of hydrogen-bond donors (Lipinski definition) is 1. The number of hydrogen-bond acceptors (Lipinski definition) is 6. The number of aromatic nitrogens is 3. The van der Waals surface area contributed by atoms with E-state index in [1.165, 1.54) is 0 Å². The van der Waals surface area contributed by atoms with Crippen molar-refractivity contribution in [3.8, 4) is 17.2 Å². The van der Waals surface area contributed by atoms with E-state index in [1.54, 1.807) is 29.5 Å². The number of phenolic OH excluding ortho intramolecular Hbond substituents is 1. The van der Waals surface area contributed by atoms with E-state index in [2.05, 4.69) is 15.1 Å². The summed E-state index contributed by atoms with van der Waals surface area (Å²) in [7, 11) is 0. The largest absolute Gasteiger partial charge is 0.508 e. The zero-order valence-corrected chi connectivity index (χ0v) is 11.0. The maximum Gasteiger partial charge on any atom is 0.258 e. The third-order valence-electron chi connectivity index (χ3n) is 2.57. The Morgan fingerprint density at radius 3 is 2.95 bits per heavy atom. The van der Waals surface area contributed by atoms with Crippen LogP contribution < -0.4 is 0 Å². The average molecular weight is 273 g/mol. The van der Waals surface area contributed by atoms with Gasteiger partial charge in [-0.3, -0.25) is 0 Å². The van der Waals surface area contributed by atoms with Crippen LogP contribution in [-0.2, 0) is 6.42 Å². The Kier molecular flexibility index (Phi) is 3.00. The lowest BCUT2D eigenvalue weighted by molar-refractivity contribution is 0.423. The minimum Gasteiger partial charge on any atom is -0.508 e. The summed E-state index contributed by atoms with van der Waals surface area (Å²) in [4.78, 5) is 8.66. The predicted molar refractivity (Wildman–Crippen MR) is 71.1 cm³/mol. The summed E-state index contributed by atoms with van der Waals surface area (Å²) in [6.07, 6.45) is 0.548. The molecule has 0 aliphatic carbocycles. The number of thiazole rings is 1. The van der Waals surface area contributed by atoms with Crippen molar-refractivity contribution in [2.45, 2.75) is 13.3 Å². The van der Waals surface area contributed by atoms with E-state index in [4.69, 9.17) is 4.52 Å². The molecule has 0 spiro atoms. The third-order valence-corrected chi connectivity index (χ3v) is 3.39. The van der Waals surface area contributed by atoms with Crippen LogP contribution in [0.4, 0.5) is 0 Å². The van der Waals surface area contributed by atoms with Crippen molar-refractivity contribution in [1.29, 1.82) is 0 Å². The van der Waals surface area contributed by atoms with E-state index >= 15 is 0 Å². The van der Waals surface area contributed by atoms with Gasteiger partial charge in [-0.25, -0.2) is 4.98 Å². The number of benzene rings is 1. The van der Waals surface area contributed by atoms with Crippen molar-refractivity contribution in [3.63, 3.8) is 0 Å². The van der Waals surface area contributed by atoms with Crippen LogP contribution >= 0.6 is 11.3 Å². The first kappa shape index (κ1) is 11.9. The minimum atomic E-state index is 0.173. The summed E-state index contributed by atoms with van der Waals surface area (Å²) < 4.78 is 5.19. The summed E-state index contributed by atoms with van der Waals surface area (Å²) in [5, 5.41) is 16.4. The molecule has 3 aromatic rings. The summed E-state index contributed by atoms with van der Waals surface area (Å²) >= 11 is 1.60. The van der Waals surface area contributed by atoms with Gasteiger partial charge in [0.25, 0.3) is 5.89 Å². The van der Waals surface area contributed by atoms with Crippen molar-refractivity contribution < 1.29 is 9.63 Å². The molecule has 0 aliphatic rings. The highest BCUT2D eigenvalue weighted by Crippen LogP contribution is 2.22. The zero-order valence-electron chi connectivity index (χ0n) is 10.2. The van der Waals surface area contributed by atoms with Crippen LogP contribution in [-0.4, -0.2) is 20.2 Å². The molecule has 96 valence electrons. The molecule has 0 saturated heterocycles. The van der Waals surface area contributed by atoms with Crippen LogP contribution in [0, 0.1) is 6.92 Å². The van der Waals surface area contributed by atoms with Gasteiger partial charge in [-0.05, 0) is 25.1 Å². The Morgan fingerprint density at radius 2 is 2.21 bits per heavy atom. The molecule has 2 heterocycles. The van der Waals surface area contributed by atoms with Gasteiger partial charge >= 0.3 is 0 Å². The Balaban J connectivity index is 1.83. The Bertz CT molecular complexity index is 705. The van der Waals surface area contributed by atoms with E-state index in [0.717, 1.165) is 10.7 Å². The van der Waals surface area contributed by atoms with Crippen molar-refractivity contribution in [3.05, 3.63) is 46.2 Å². The number of aryl methyl sites for hydroxylation is 1. The van der Waals surface area contributed by atoms with Gasteiger partial charge in [0, 0.05) is 10.9 Å². The first-order valence-corrected chi connectivity index (χ1v) is 6.61. The second-order valence-electron chi connectivity index (χ2n) is 4.10. The highest BCUT2D eigenvalue weighted by atomic mass is 32.1. The molecule has 0 amide bonds. The van der Waals surface area contributed by atoms with Crippen LogP contribution in [0.15, 0.2) is 34.2 Å². The smallest absolute Gasteiger partial charge is 0.258 e. The fraction of sp³-hybridized carbons (Fsp3) is 0.154. The second kappa shape index (κ2) is 4.81. The summed E-state index contributed by atoms with van der Waals surface area (Å²) in [6.45, 7) is 1.96. The molecule has 0 aliphatic heterocycles. The highest BCUT2D eigenvalue weighted by molar-refractivity contribution is 7.09. The molecule has 5 nitrogen and oxygen atoms in total. The van der Waals surface area contributed by atoms with Gasteiger partial charge in [-0.15, -0.1) is 11.3 Å². The number of nitrogens with zero attached hydrogens (tertiary/aromatic N) is 3. The van der Waals surface area contributed by atoms with Gasteiger partial charge < -0.3 is 9.63 Å². The summed E-state index contributed by atoms with van der Waals surface area (Å²) in [6, 6.07) is 6.73. The quantitative estimate of drug-likeness (QED) is 0.794. The zero-order chi connectivity index (χ0) is 13.2. The standard InChI is InChI=1S/C13H11N3O2S/c1-8-14-10(7-19-8)6-12-15-13(18-16-12)9-3-2-4-11(17)5-9/h2-5,7,17H,6H2,1H3. The fourth-order valence-corrected chi connectivity index (χ4v) is 2.35. The number of rotatable bonds is 3. The molecule has 1 aromatic carbocycles. The average Bonchev–Trinajstić information content (AvgIpc) is 2.99. The van der Waals surface area contributed by atoms with E-state index in [9.17, 15) is 5.11 Å². The van der Waals surface area contributed by atoms with Crippen LogP contribution in [0.3, 0.4) is 0 Å². The summed E-state index contributed by atoms with van der Waals surface area (Å²) in [5.41, 5.74) is 1.64. The molecule has 0 atom stereocenters. The molecule has 19 heavy (non-hydrogen) atoms. The molecule has 3 rings (SSSR count). The van der Waals surface area contributed by atoms with Crippen LogP contribution in [0.5, 0.6) is 5.75 Å². The number of aromatic hydroxyl groups is 1. The minimum absolute atomic E-state index is 0.173. The van der Waals surface area contributed by atoms with E-state index < -0.39 is 0 Å². The molecule has 0 unspecified atom stereocenters.